The first-order valence-electron chi connectivity index (χ1n) is 9.27. The number of aryl methyl sites for hydroxylation is 2. The monoisotopic (exact) mass is 349 g/mol. The molecule has 0 atom stereocenters. The van der Waals surface area contributed by atoms with E-state index < -0.39 is 0 Å². The number of unbranched alkanes of at least 4 members (excludes halogenated alkanes) is 1. The van der Waals surface area contributed by atoms with E-state index in [1.807, 2.05) is 29.8 Å². The van der Waals surface area contributed by atoms with E-state index in [1.165, 1.54) is 0 Å². The first-order chi connectivity index (χ1) is 12.7. The van der Waals surface area contributed by atoms with Gasteiger partial charge in [-0.2, -0.15) is 5.10 Å². The molecule has 134 valence electrons. The standard InChI is InChI=1S/C20H23N5O/c1-3-4-11-25-19-18(13(2)24-25)15(12-16(22-19)14-8-9-14)20(26)23-17-7-5-6-10-21-17/h5-7,10,12,14H,3-4,8-9,11H2,1-2H3,(H,21,23,26). The van der Waals surface area contributed by atoms with Crippen LogP contribution in [-0.2, 0) is 6.54 Å². The molecule has 1 fully saturated rings. The van der Waals surface area contributed by atoms with Gasteiger partial charge in [-0.3, -0.25) is 4.79 Å². The summed E-state index contributed by atoms with van der Waals surface area (Å²) >= 11 is 0. The number of rotatable bonds is 6. The number of pyridine rings is 2. The third kappa shape index (κ3) is 3.19. The van der Waals surface area contributed by atoms with Gasteiger partial charge in [0.25, 0.3) is 5.91 Å². The molecular formula is C20H23N5O. The second kappa shape index (κ2) is 6.86. The molecule has 26 heavy (non-hydrogen) atoms. The van der Waals surface area contributed by atoms with E-state index >= 15 is 0 Å². The summed E-state index contributed by atoms with van der Waals surface area (Å²) in [5.74, 6) is 0.859. The summed E-state index contributed by atoms with van der Waals surface area (Å²) < 4.78 is 1.96. The Morgan fingerprint density at radius 3 is 2.88 bits per heavy atom. The molecule has 0 aliphatic heterocycles. The lowest BCUT2D eigenvalue weighted by molar-refractivity contribution is 0.102. The molecule has 1 N–H and O–H groups in total. The molecular weight excluding hydrogens is 326 g/mol. The van der Waals surface area contributed by atoms with Gasteiger partial charge in [0.15, 0.2) is 5.65 Å². The third-order valence-corrected chi connectivity index (χ3v) is 4.77. The van der Waals surface area contributed by atoms with Crippen molar-refractivity contribution in [2.45, 2.75) is 52.0 Å². The second-order valence-electron chi connectivity index (χ2n) is 6.90. The van der Waals surface area contributed by atoms with Gasteiger partial charge in [-0.25, -0.2) is 14.6 Å². The fraction of sp³-hybridized carbons (Fsp3) is 0.400. The van der Waals surface area contributed by atoms with Crippen LogP contribution in [-0.4, -0.2) is 25.7 Å². The number of nitrogens with one attached hydrogen (secondary N) is 1. The van der Waals surface area contributed by atoms with E-state index in [0.717, 1.165) is 54.6 Å². The Labute approximate surface area is 152 Å². The predicted molar refractivity (Wildman–Crippen MR) is 101 cm³/mol. The maximum absolute atomic E-state index is 13.0. The van der Waals surface area contributed by atoms with E-state index in [9.17, 15) is 4.79 Å². The summed E-state index contributed by atoms with van der Waals surface area (Å²) in [6.07, 6.45) is 6.09. The van der Waals surface area contributed by atoms with Gasteiger partial charge in [-0.1, -0.05) is 19.4 Å². The highest BCUT2D eigenvalue weighted by Crippen LogP contribution is 2.40. The van der Waals surface area contributed by atoms with Gasteiger partial charge >= 0.3 is 0 Å². The fourth-order valence-electron chi connectivity index (χ4n) is 3.22. The van der Waals surface area contributed by atoms with E-state index in [-0.39, 0.29) is 5.91 Å². The first kappa shape index (κ1) is 16.7. The molecule has 0 unspecified atom stereocenters. The molecule has 4 rings (SSSR count). The summed E-state index contributed by atoms with van der Waals surface area (Å²) in [7, 11) is 0. The van der Waals surface area contributed by atoms with E-state index in [0.29, 0.717) is 17.3 Å². The highest BCUT2D eigenvalue weighted by Gasteiger charge is 2.28. The van der Waals surface area contributed by atoms with Gasteiger partial charge in [0.2, 0.25) is 0 Å². The van der Waals surface area contributed by atoms with E-state index in [1.54, 1.807) is 12.3 Å². The molecule has 3 aromatic rings. The number of amides is 1. The van der Waals surface area contributed by atoms with Gasteiger partial charge in [-0.05, 0) is 44.4 Å². The maximum atomic E-state index is 13.0. The Balaban J connectivity index is 1.79. The lowest BCUT2D eigenvalue weighted by atomic mass is 10.1. The Hall–Kier alpha value is -2.76. The van der Waals surface area contributed by atoms with Crippen molar-refractivity contribution in [1.29, 1.82) is 0 Å². The average molecular weight is 349 g/mol. The van der Waals surface area contributed by atoms with Crippen LogP contribution >= 0.6 is 0 Å². The van der Waals surface area contributed by atoms with Crippen molar-refractivity contribution in [3.8, 4) is 0 Å². The normalized spacial score (nSPS) is 13.9. The topological polar surface area (TPSA) is 72.7 Å². The number of anilines is 1. The summed E-state index contributed by atoms with van der Waals surface area (Å²) in [6, 6.07) is 7.41. The minimum atomic E-state index is -0.156. The zero-order valence-electron chi connectivity index (χ0n) is 15.2. The largest absolute Gasteiger partial charge is 0.307 e. The van der Waals surface area contributed by atoms with Crippen LogP contribution in [0.2, 0.25) is 0 Å². The first-order valence-corrected chi connectivity index (χ1v) is 9.27. The zero-order valence-corrected chi connectivity index (χ0v) is 15.2. The predicted octanol–water partition coefficient (Wildman–Crippen LogP) is 4.06. The summed E-state index contributed by atoms with van der Waals surface area (Å²) in [5, 5.41) is 8.40. The van der Waals surface area contributed by atoms with Crippen molar-refractivity contribution in [1.82, 2.24) is 19.7 Å². The van der Waals surface area contributed by atoms with Crippen LogP contribution in [0.25, 0.3) is 11.0 Å². The SMILES string of the molecule is CCCCn1nc(C)c2c(C(=O)Nc3ccccn3)cc(C3CC3)nc21. The van der Waals surface area contributed by atoms with Crippen LogP contribution in [0.4, 0.5) is 5.82 Å². The number of fused-ring (bicyclic) bond motifs is 1. The highest BCUT2D eigenvalue weighted by molar-refractivity contribution is 6.12. The molecule has 0 aromatic carbocycles. The number of carbonyl (C=O) groups is 1. The van der Waals surface area contributed by atoms with Crippen molar-refractivity contribution >= 4 is 22.8 Å². The van der Waals surface area contributed by atoms with Gasteiger partial charge in [0.1, 0.15) is 5.82 Å². The van der Waals surface area contributed by atoms with Crippen LogP contribution in [0.1, 0.15) is 60.3 Å². The number of aromatic nitrogens is 4. The van der Waals surface area contributed by atoms with Gasteiger partial charge in [-0.15, -0.1) is 0 Å². The summed E-state index contributed by atoms with van der Waals surface area (Å²) in [5.41, 5.74) is 3.31. The van der Waals surface area contributed by atoms with Crippen LogP contribution in [0.15, 0.2) is 30.5 Å². The molecule has 0 radical (unpaired) electrons. The number of nitrogens with zero attached hydrogens (tertiary/aromatic N) is 4. The van der Waals surface area contributed by atoms with Crippen LogP contribution in [0, 0.1) is 6.92 Å². The molecule has 1 saturated carbocycles. The quantitative estimate of drug-likeness (QED) is 0.728. The summed E-state index contributed by atoms with van der Waals surface area (Å²) in [4.78, 5) is 22.0. The molecule has 1 amide bonds. The molecule has 0 bridgehead atoms. The van der Waals surface area contributed by atoms with Gasteiger partial charge < -0.3 is 5.32 Å². The van der Waals surface area contributed by atoms with Crippen molar-refractivity contribution in [2.75, 3.05) is 5.32 Å². The molecule has 0 spiro atoms. The van der Waals surface area contributed by atoms with Crippen molar-refractivity contribution < 1.29 is 4.79 Å². The fourth-order valence-corrected chi connectivity index (χ4v) is 3.22. The molecule has 0 saturated heterocycles. The second-order valence-corrected chi connectivity index (χ2v) is 6.90. The Bertz CT molecular complexity index is 944. The Morgan fingerprint density at radius 1 is 1.35 bits per heavy atom. The molecule has 3 heterocycles. The number of hydrogen-bond donors (Lipinski definition) is 1. The molecule has 1 aliphatic carbocycles. The van der Waals surface area contributed by atoms with Crippen LogP contribution in [0.5, 0.6) is 0 Å². The lowest BCUT2D eigenvalue weighted by Crippen LogP contribution is -2.14. The minimum Gasteiger partial charge on any atom is -0.307 e. The van der Waals surface area contributed by atoms with Crippen molar-refractivity contribution in [3.05, 3.63) is 47.4 Å². The zero-order chi connectivity index (χ0) is 18.1. The van der Waals surface area contributed by atoms with Crippen LogP contribution in [0.3, 0.4) is 0 Å². The minimum absolute atomic E-state index is 0.156. The smallest absolute Gasteiger partial charge is 0.257 e. The highest BCUT2D eigenvalue weighted by atomic mass is 16.1. The van der Waals surface area contributed by atoms with Crippen molar-refractivity contribution in [2.24, 2.45) is 0 Å². The third-order valence-electron chi connectivity index (χ3n) is 4.77. The lowest BCUT2D eigenvalue weighted by Gasteiger charge is -2.09. The van der Waals surface area contributed by atoms with Gasteiger partial charge in [0.05, 0.1) is 16.6 Å². The Morgan fingerprint density at radius 2 is 2.19 bits per heavy atom. The van der Waals surface area contributed by atoms with E-state index in [4.69, 9.17) is 4.98 Å². The molecule has 1 aliphatic rings. The number of carbonyl (C=O) groups excluding carboxylic acids is 1. The molecule has 6 heteroatoms. The van der Waals surface area contributed by atoms with Gasteiger partial charge in [0, 0.05) is 24.4 Å². The summed E-state index contributed by atoms with van der Waals surface area (Å²) in [6.45, 7) is 4.93. The molecule has 6 nitrogen and oxygen atoms in total. The van der Waals surface area contributed by atoms with E-state index in [2.05, 4.69) is 22.3 Å². The average Bonchev–Trinajstić information content (AvgIpc) is 3.45. The number of hydrogen-bond acceptors (Lipinski definition) is 4. The molecule has 3 aromatic heterocycles. The maximum Gasteiger partial charge on any atom is 0.257 e. The van der Waals surface area contributed by atoms with Crippen molar-refractivity contribution in [3.63, 3.8) is 0 Å². The Kier molecular flexibility index (Phi) is 4.41. The van der Waals surface area contributed by atoms with Crippen LogP contribution < -0.4 is 5.32 Å².